The van der Waals surface area contributed by atoms with Crippen LogP contribution in [0, 0.1) is 0 Å². The van der Waals surface area contributed by atoms with Crippen molar-refractivity contribution in [2.24, 2.45) is 0 Å². The van der Waals surface area contributed by atoms with Crippen LogP contribution in [-0.4, -0.2) is 21.7 Å². The number of hydrogen-bond donors (Lipinski definition) is 3. The number of benzene rings is 1. The Morgan fingerprint density at radius 3 is 2.84 bits per heavy atom. The summed E-state index contributed by atoms with van der Waals surface area (Å²) in [7, 11) is 0. The number of para-hydroxylation sites is 1. The number of fused-ring (bicyclic) bond motifs is 1. The first-order chi connectivity index (χ1) is 15.0. The number of nitrogens with one attached hydrogen (secondary N) is 3. The van der Waals surface area contributed by atoms with Crippen molar-refractivity contribution < 1.29 is 9.59 Å². The molecule has 0 radical (unpaired) electrons. The third-order valence-electron chi connectivity index (χ3n) is 5.92. The van der Waals surface area contributed by atoms with Crippen LogP contribution in [0.2, 0.25) is 0 Å². The third kappa shape index (κ3) is 3.49. The SMILES string of the molecule is CC1=C(C(=O)Nc2ccc(Br)cn2)C(c2c[nH]c3ccccc23)C2=C(CCCC2=O)N1. The first kappa shape index (κ1) is 19.8. The van der Waals surface area contributed by atoms with Gasteiger partial charge in [-0.3, -0.25) is 9.59 Å². The van der Waals surface area contributed by atoms with E-state index in [0.29, 0.717) is 23.4 Å². The number of rotatable bonds is 3. The zero-order valence-corrected chi connectivity index (χ0v) is 18.5. The maximum Gasteiger partial charge on any atom is 0.255 e. The van der Waals surface area contributed by atoms with E-state index < -0.39 is 5.92 Å². The van der Waals surface area contributed by atoms with Gasteiger partial charge in [0.15, 0.2) is 5.78 Å². The van der Waals surface area contributed by atoms with Gasteiger partial charge in [0, 0.05) is 62.6 Å². The largest absolute Gasteiger partial charge is 0.362 e. The van der Waals surface area contributed by atoms with Crippen LogP contribution in [0.1, 0.15) is 37.7 Å². The van der Waals surface area contributed by atoms with E-state index in [2.05, 4.69) is 36.5 Å². The summed E-state index contributed by atoms with van der Waals surface area (Å²) in [6, 6.07) is 11.5. The lowest BCUT2D eigenvalue weighted by molar-refractivity contribution is -0.116. The molecule has 0 saturated heterocycles. The molecule has 3 N–H and O–H groups in total. The van der Waals surface area contributed by atoms with E-state index in [1.807, 2.05) is 43.5 Å². The summed E-state index contributed by atoms with van der Waals surface area (Å²) in [5, 5.41) is 7.27. The summed E-state index contributed by atoms with van der Waals surface area (Å²) >= 11 is 3.36. The molecule has 2 aromatic heterocycles. The Bertz CT molecular complexity index is 1270. The highest BCUT2D eigenvalue weighted by atomic mass is 79.9. The molecule has 1 amide bonds. The number of allylic oxidation sites excluding steroid dienone is 3. The van der Waals surface area contributed by atoms with Crippen molar-refractivity contribution in [3.05, 3.63) is 81.4 Å². The predicted octanol–water partition coefficient (Wildman–Crippen LogP) is 4.93. The fraction of sp³-hybridized carbons (Fsp3) is 0.208. The molecule has 1 aliphatic carbocycles. The topological polar surface area (TPSA) is 86.9 Å². The Morgan fingerprint density at radius 2 is 2.03 bits per heavy atom. The summed E-state index contributed by atoms with van der Waals surface area (Å²) in [5.74, 6) is -0.139. The summed E-state index contributed by atoms with van der Waals surface area (Å²) in [4.78, 5) is 34.1. The number of dihydropyridines is 1. The molecule has 31 heavy (non-hydrogen) atoms. The van der Waals surface area contributed by atoms with Gasteiger partial charge in [-0.25, -0.2) is 4.98 Å². The van der Waals surface area contributed by atoms with Crippen molar-refractivity contribution in [1.29, 1.82) is 0 Å². The fourth-order valence-corrected chi connectivity index (χ4v) is 4.80. The van der Waals surface area contributed by atoms with Gasteiger partial charge in [0.2, 0.25) is 0 Å². The van der Waals surface area contributed by atoms with Crippen molar-refractivity contribution in [3.63, 3.8) is 0 Å². The quantitative estimate of drug-likeness (QED) is 0.499. The van der Waals surface area contributed by atoms with Gasteiger partial charge >= 0.3 is 0 Å². The van der Waals surface area contributed by atoms with Crippen molar-refractivity contribution >= 4 is 44.3 Å². The van der Waals surface area contributed by atoms with Crippen LogP contribution < -0.4 is 10.6 Å². The number of halogens is 1. The summed E-state index contributed by atoms with van der Waals surface area (Å²) in [6.07, 6.45) is 5.69. The first-order valence-corrected chi connectivity index (χ1v) is 11.0. The minimum absolute atomic E-state index is 0.101. The second kappa shape index (κ2) is 7.81. The van der Waals surface area contributed by atoms with Gasteiger partial charge in [-0.15, -0.1) is 0 Å². The van der Waals surface area contributed by atoms with E-state index >= 15 is 0 Å². The van der Waals surface area contributed by atoms with E-state index in [0.717, 1.165) is 45.2 Å². The van der Waals surface area contributed by atoms with Crippen LogP contribution in [-0.2, 0) is 9.59 Å². The zero-order valence-electron chi connectivity index (χ0n) is 17.0. The number of Topliss-reactive ketones (excluding diaryl/α,β-unsaturated/α-hetero) is 1. The Morgan fingerprint density at radius 1 is 1.19 bits per heavy atom. The Balaban J connectivity index is 1.63. The Labute approximate surface area is 188 Å². The smallest absolute Gasteiger partial charge is 0.255 e. The van der Waals surface area contributed by atoms with Crippen LogP contribution in [0.25, 0.3) is 10.9 Å². The molecule has 3 aromatic rings. The number of carbonyl (C=O) groups is 2. The number of H-pyrrole nitrogens is 1. The maximum atomic E-state index is 13.5. The van der Waals surface area contributed by atoms with E-state index in [4.69, 9.17) is 0 Å². The lowest BCUT2D eigenvalue weighted by Crippen LogP contribution is -2.35. The van der Waals surface area contributed by atoms with Gasteiger partial charge < -0.3 is 15.6 Å². The minimum Gasteiger partial charge on any atom is -0.362 e. The average molecular weight is 477 g/mol. The summed E-state index contributed by atoms with van der Waals surface area (Å²) < 4.78 is 0.833. The lowest BCUT2D eigenvalue weighted by atomic mass is 9.75. The van der Waals surface area contributed by atoms with Crippen molar-refractivity contribution in [3.8, 4) is 0 Å². The molecule has 6 nitrogen and oxygen atoms in total. The number of nitrogens with zero attached hydrogens (tertiary/aromatic N) is 1. The van der Waals surface area contributed by atoms with Crippen molar-refractivity contribution in [1.82, 2.24) is 15.3 Å². The molecular formula is C24H21BrN4O2. The highest BCUT2D eigenvalue weighted by molar-refractivity contribution is 9.10. The van der Waals surface area contributed by atoms with E-state index in [1.54, 1.807) is 12.3 Å². The van der Waals surface area contributed by atoms with E-state index in [9.17, 15) is 9.59 Å². The maximum absolute atomic E-state index is 13.5. The van der Waals surface area contributed by atoms with Crippen LogP contribution in [0.4, 0.5) is 5.82 Å². The van der Waals surface area contributed by atoms with Gasteiger partial charge in [0.1, 0.15) is 5.82 Å². The molecule has 7 heteroatoms. The monoisotopic (exact) mass is 476 g/mol. The number of ketones is 1. The molecule has 3 heterocycles. The summed E-state index contributed by atoms with van der Waals surface area (Å²) in [5.41, 5.74) is 4.86. The van der Waals surface area contributed by atoms with Crippen LogP contribution in [0.3, 0.4) is 0 Å². The van der Waals surface area contributed by atoms with Gasteiger partial charge in [-0.05, 0) is 59.5 Å². The zero-order chi connectivity index (χ0) is 21.5. The average Bonchev–Trinajstić information content (AvgIpc) is 3.18. The fourth-order valence-electron chi connectivity index (χ4n) is 4.56. The van der Waals surface area contributed by atoms with Crippen molar-refractivity contribution in [2.45, 2.75) is 32.1 Å². The minimum atomic E-state index is -0.435. The second-order valence-electron chi connectivity index (χ2n) is 7.87. The van der Waals surface area contributed by atoms with Gasteiger partial charge in [0.05, 0.1) is 0 Å². The number of amides is 1. The van der Waals surface area contributed by atoms with Gasteiger partial charge in [-0.2, -0.15) is 0 Å². The predicted molar refractivity (Wildman–Crippen MR) is 123 cm³/mol. The molecule has 0 spiro atoms. The highest BCUT2D eigenvalue weighted by Crippen LogP contribution is 2.44. The van der Waals surface area contributed by atoms with Gasteiger partial charge in [-0.1, -0.05) is 18.2 Å². The van der Waals surface area contributed by atoms with Crippen LogP contribution in [0.15, 0.2) is 75.8 Å². The number of carbonyl (C=O) groups excluding carboxylic acids is 2. The molecule has 1 aromatic carbocycles. The number of aromatic amines is 1. The Hall–Kier alpha value is -3.19. The molecule has 0 fully saturated rings. The number of anilines is 1. The molecular weight excluding hydrogens is 456 g/mol. The third-order valence-corrected chi connectivity index (χ3v) is 6.39. The molecule has 1 unspecified atom stereocenters. The number of hydrogen-bond acceptors (Lipinski definition) is 4. The first-order valence-electron chi connectivity index (χ1n) is 10.3. The van der Waals surface area contributed by atoms with Crippen LogP contribution >= 0.6 is 15.9 Å². The van der Waals surface area contributed by atoms with Crippen molar-refractivity contribution in [2.75, 3.05) is 5.32 Å². The molecule has 1 aliphatic heterocycles. The van der Waals surface area contributed by atoms with E-state index in [-0.39, 0.29) is 11.7 Å². The van der Waals surface area contributed by atoms with Gasteiger partial charge in [0.25, 0.3) is 5.91 Å². The molecule has 0 bridgehead atoms. The molecule has 1 atom stereocenters. The molecule has 156 valence electrons. The normalized spacial score (nSPS) is 18.8. The number of pyridine rings is 1. The van der Waals surface area contributed by atoms with Crippen LogP contribution in [0.5, 0.6) is 0 Å². The molecule has 0 saturated carbocycles. The Kier molecular flexibility index (Phi) is 4.98. The standard InChI is InChI=1S/C24H21BrN4O2/c1-13-21(24(31)29-20-10-9-14(25)11-27-20)22(23-18(28-13)7-4-8-19(23)30)16-12-26-17-6-3-2-5-15(16)17/h2-3,5-6,9-12,22,26,28H,4,7-8H2,1H3,(H,27,29,31). The number of aromatic nitrogens is 2. The second-order valence-corrected chi connectivity index (χ2v) is 8.79. The lowest BCUT2D eigenvalue weighted by Gasteiger charge is -2.34. The molecule has 2 aliphatic rings. The summed E-state index contributed by atoms with van der Waals surface area (Å²) in [6.45, 7) is 1.90. The highest BCUT2D eigenvalue weighted by Gasteiger charge is 2.39. The molecule has 5 rings (SSSR count). The van der Waals surface area contributed by atoms with E-state index in [1.165, 1.54) is 0 Å².